The van der Waals surface area contributed by atoms with E-state index in [0.29, 0.717) is 24.1 Å². The largest absolute Gasteiger partial charge is 0.497 e. The Morgan fingerprint density at radius 2 is 2.09 bits per heavy atom. The highest BCUT2D eigenvalue weighted by atomic mass is 32.2. The van der Waals surface area contributed by atoms with Crippen LogP contribution in [-0.4, -0.2) is 50.5 Å². The minimum Gasteiger partial charge on any atom is -0.497 e. The molecule has 0 radical (unpaired) electrons. The van der Waals surface area contributed by atoms with Crippen molar-refractivity contribution in [1.82, 2.24) is 24.6 Å². The van der Waals surface area contributed by atoms with Crippen LogP contribution in [0, 0.1) is 0 Å². The van der Waals surface area contributed by atoms with Gasteiger partial charge in [-0.05, 0) is 42.0 Å². The molecule has 164 valence electrons. The van der Waals surface area contributed by atoms with Crippen molar-refractivity contribution in [3.8, 4) is 17.1 Å². The number of aromatic nitrogens is 4. The average Bonchev–Trinajstić information content (AvgIpc) is 3.48. The molecule has 3 heterocycles. The van der Waals surface area contributed by atoms with Crippen LogP contribution in [0.5, 0.6) is 5.75 Å². The lowest BCUT2D eigenvalue weighted by molar-refractivity contribution is -0.127. The molecule has 0 unspecified atom stereocenters. The molecule has 4 aromatic rings. The highest BCUT2D eigenvalue weighted by molar-refractivity contribution is 7.99. The molecule has 0 bridgehead atoms. The van der Waals surface area contributed by atoms with Crippen LogP contribution in [0.1, 0.15) is 11.3 Å². The third-order valence-corrected chi connectivity index (χ3v) is 5.79. The van der Waals surface area contributed by atoms with Crippen molar-refractivity contribution in [1.29, 1.82) is 0 Å². The van der Waals surface area contributed by atoms with E-state index in [9.17, 15) is 4.79 Å². The molecule has 0 saturated heterocycles. The number of pyridine rings is 1. The van der Waals surface area contributed by atoms with Gasteiger partial charge in [-0.1, -0.05) is 23.9 Å². The van der Waals surface area contributed by atoms with E-state index >= 15 is 0 Å². The maximum Gasteiger partial charge on any atom is 0.233 e. The predicted molar refractivity (Wildman–Crippen MR) is 121 cm³/mol. The van der Waals surface area contributed by atoms with Gasteiger partial charge in [-0.15, -0.1) is 10.2 Å². The second kappa shape index (κ2) is 10.1. The average molecular weight is 450 g/mol. The van der Waals surface area contributed by atoms with Gasteiger partial charge in [-0.3, -0.25) is 14.3 Å². The number of carbonyl (C=O) groups is 1. The number of thioether (sulfide) groups is 1. The van der Waals surface area contributed by atoms with Crippen molar-refractivity contribution in [3.05, 3.63) is 78.5 Å². The first-order valence-corrected chi connectivity index (χ1v) is 11.0. The zero-order valence-electron chi connectivity index (χ0n) is 17.8. The first-order valence-electron chi connectivity index (χ1n) is 9.99. The Kier molecular flexibility index (Phi) is 6.86. The van der Waals surface area contributed by atoms with E-state index in [1.165, 1.54) is 11.8 Å². The summed E-state index contributed by atoms with van der Waals surface area (Å²) in [6.45, 7) is 0.955. The van der Waals surface area contributed by atoms with Crippen LogP contribution in [0.25, 0.3) is 11.4 Å². The van der Waals surface area contributed by atoms with E-state index < -0.39 is 0 Å². The summed E-state index contributed by atoms with van der Waals surface area (Å²) >= 11 is 1.35. The van der Waals surface area contributed by atoms with Gasteiger partial charge in [0.2, 0.25) is 5.91 Å². The molecule has 4 rings (SSSR count). The van der Waals surface area contributed by atoms with Gasteiger partial charge >= 0.3 is 0 Å². The van der Waals surface area contributed by atoms with E-state index in [-0.39, 0.29) is 11.7 Å². The Balaban J connectivity index is 1.47. The lowest BCUT2D eigenvalue weighted by atomic mass is 10.2. The monoisotopic (exact) mass is 449 g/mol. The number of hydrogen-bond acceptors (Lipinski definition) is 7. The van der Waals surface area contributed by atoms with Crippen molar-refractivity contribution >= 4 is 17.7 Å². The normalized spacial score (nSPS) is 10.8. The van der Waals surface area contributed by atoms with Gasteiger partial charge < -0.3 is 14.1 Å². The molecule has 1 amide bonds. The number of benzene rings is 1. The molecule has 0 N–H and O–H groups in total. The molecule has 9 heteroatoms. The van der Waals surface area contributed by atoms with Gasteiger partial charge in [0.1, 0.15) is 11.5 Å². The zero-order valence-corrected chi connectivity index (χ0v) is 18.7. The Bertz CT molecular complexity index is 1160. The molecule has 0 aliphatic carbocycles. The van der Waals surface area contributed by atoms with Crippen LogP contribution in [0.4, 0.5) is 0 Å². The van der Waals surface area contributed by atoms with Crippen LogP contribution < -0.4 is 4.74 Å². The molecule has 3 aromatic heterocycles. The van der Waals surface area contributed by atoms with Crippen molar-refractivity contribution in [2.75, 3.05) is 19.9 Å². The number of hydrogen-bond donors (Lipinski definition) is 0. The summed E-state index contributed by atoms with van der Waals surface area (Å²) in [4.78, 5) is 18.6. The van der Waals surface area contributed by atoms with Crippen molar-refractivity contribution in [2.45, 2.75) is 18.2 Å². The molecule has 0 saturated carbocycles. The maximum atomic E-state index is 12.8. The first kappa shape index (κ1) is 21.6. The van der Waals surface area contributed by atoms with Crippen LogP contribution in [0.15, 0.2) is 76.8 Å². The minimum absolute atomic E-state index is 0.00621. The van der Waals surface area contributed by atoms with Crippen LogP contribution >= 0.6 is 11.8 Å². The number of rotatable bonds is 9. The maximum absolute atomic E-state index is 12.8. The molecular weight excluding hydrogens is 426 g/mol. The fourth-order valence-corrected chi connectivity index (χ4v) is 4.05. The first-order chi connectivity index (χ1) is 15.6. The Morgan fingerprint density at radius 1 is 1.19 bits per heavy atom. The van der Waals surface area contributed by atoms with Crippen LogP contribution in [-0.2, 0) is 17.9 Å². The molecule has 0 spiro atoms. The lowest BCUT2D eigenvalue weighted by Crippen LogP contribution is -2.28. The number of furan rings is 1. The standard InChI is InChI=1S/C23H23N5O3S/c1-27(14-17-6-3-8-19(12-17)30-2)21(29)16-32-23-26-25-22(18-7-4-10-24-13-18)28(23)15-20-9-5-11-31-20/h3-13H,14-16H2,1-2H3. The number of amides is 1. The Morgan fingerprint density at radius 3 is 2.84 bits per heavy atom. The summed E-state index contributed by atoms with van der Waals surface area (Å²) in [6.07, 6.45) is 5.08. The zero-order chi connectivity index (χ0) is 22.3. The van der Waals surface area contributed by atoms with E-state index in [4.69, 9.17) is 9.15 Å². The number of methoxy groups -OCH3 is 1. The molecule has 8 nitrogen and oxygen atoms in total. The highest BCUT2D eigenvalue weighted by Crippen LogP contribution is 2.25. The summed E-state index contributed by atoms with van der Waals surface area (Å²) in [5.74, 6) is 2.46. The number of carbonyl (C=O) groups excluding carboxylic acids is 1. The Hall–Kier alpha value is -3.59. The van der Waals surface area contributed by atoms with Gasteiger partial charge in [-0.25, -0.2) is 0 Å². The van der Waals surface area contributed by atoms with E-state index in [0.717, 1.165) is 22.6 Å². The SMILES string of the molecule is COc1cccc(CN(C)C(=O)CSc2nnc(-c3cccnc3)n2Cc2ccco2)c1. The van der Waals surface area contributed by atoms with Gasteiger partial charge in [0.15, 0.2) is 11.0 Å². The van der Waals surface area contributed by atoms with Gasteiger partial charge in [0, 0.05) is 31.5 Å². The van der Waals surface area contributed by atoms with Crippen molar-refractivity contribution in [3.63, 3.8) is 0 Å². The quantitative estimate of drug-likeness (QED) is 0.360. The van der Waals surface area contributed by atoms with E-state index in [2.05, 4.69) is 15.2 Å². The molecular formula is C23H23N5O3S. The molecule has 0 aliphatic heterocycles. The van der Waals surface area contributed by atoms with Gasteiger partial charge in [0.25, 0.3) is 0 Å². The van der Waals surface area contributed by atoms with Crippen molar-refractivity contribution in [2.24, 2.45) is 0 Å². The van der Waals surface area contributed by atoms with E-state index in [1.807, 2.05) is 53.1 Å². The summed E-state index contributed by atoms with van der Waals surface area (Å²) in [7, 11) is 3.42. The fraction of sp³-hybridized carbons (Fsp3) is 0.217. The Labute approximate surface area is 190 Å². The van der Waals surface area contributed by atoms with Gasteiger partial charge in [0.05, 0.1) is 25.7 Å². The van der Waals surface area contributed by atoms with Gasteiger partial charge in [-0.2, -0.15) is 0 Å². The molecule has 0 aliphatic rings. The molecule has 0 fully saturated rings. The third-order valence-electron chi connectivity index (χ3n) is 4.84. The third kappa shape index (κ3) is 5.17. The second-order valence-corrected chi connectivity index (χ2v) is 8.05. The second-order valence-electron chi connectivity index (χ2n) is 7.10. The topological polar surface area (TPSA) is 86.3 Å². The smallest absolute Gasteiger partial charge is 0.233 e. The van der Waals surface area contributed by atoms with E-state index in [1.54, 1.807) is 37.7 Å². The summed E-state index contributed by atoms with van der Waals surface area (Å²) in [6, 6.07) is 15.2. The molecule has 0 atom stereocenters. The number of nitrogens with zero attached hydrogens (tertiary/aromatic N) is 5. The predicted octanol–water partition coefficient (Wildman–Crippen LogP) is 3.74. The summed E-state index contributed by atoms with van der Waals surface area (Å²) in [5.41, 5.74) is 1.85. The minimum atomic E-state index is -0.00621. The molecule has 1 aromatic carbocycles. The molecule has 32 heavy (non-hydrogen) atoms. The fourth-order valence-electron chi connectivity index (χ4n) is 3.17. The summed E-state index contributed by atoms with van der Waals surface area (Å²) in [5, 5.41) is 9.32. The van der Waals surface area contributed by atoms with Crippen molar-refractivity contribution < 1.29 is 13.9 Å². The lowest BCUT2D eigenvalue weighted by Gasteiger charge is -2.17. The van der Waals surface area contributed by atoms with Crippen LogP contribution in [0.3, 0.4) is 0 Å². The number of ether oxygens (including phenoxy) is 1. The highest BCUT2D eigenvalue weighted by Gasteiger charge is 2.18. The summed E-state index contributed by atoms with van der Waals surface area (Å²) < 4.78 is 12.7. The van der Waals surface area contributed by atoms with Crippen LogP contribution in [0.2, 0.25) is 0 Å².